The van der Waals surface area contributed by atoms with Crippen molar-refractivity contribution in [3.8, 4) is 16.8 Å². The molecule has 0 aliphatic heterocycles. The molecule has 0 bridgehead atoms. The van der Waals surface area contributed by atoms with Gasteiger partial charge in [0.1, 0.15) is 5.82 Å². The predicted octanol–water partition coefficient (Wildman–Crippen LogP) is 6.81. The number of carbonyl (C=O) groups excluding carboxylic acids is 2. The van der Waals surface area contributed by atoms with Crippen LogP contribution in [0.1, 0.15) is 54.9 Å². The molecule has 14 heteroatoms. The van der Waals surface area contributed by atoms with Gasteiger partial charge in [0.15, 0.2) is 0 Å². The average Bonchev–Trinajstić information content (AvgIpc) is 3.40. The van der Waals surface area contributed by atoms with Gasteiger partial charge < -0.3 is 5.73 Å². The summed E-state index contributed by atoms with van der Waals surface area (Å²) in [5.41, 5.74) is 7.80. The minimum Gasteiger partial charge on any atom is -0.351 e. The SMILES string of the molecule is CCCCc1nn(-c2cc(N(CCC)C(N)=O)ccc2Cl)c(=O)n1Cc1ccc(-c2ccccc2S(=O)(=O)NC(=O)c2ccccc2Cl)cc1. The lowest BCUT2D eigenvalue weighted by atomic mass is 10.0. The van der Waals surface area contributed by atoms with E-state index >= 15 is 0 Å². The van der Waals surface area contributed by atoms with Gasteiger partial charge in [0.05, 0.1) is 32.7 Å². The standard InChI is InChI=1S/C36H36Cl2N6O5S/c1-3-5-14-33-40-44(31-22-26(19-20-30(31)38)42(21-4-2)35(39)46)36(47)43(33)23-24-15-17-25(18-16-24)27-10-7-9-13-32(27)50(48,49)41-34(45)28-11-6-8-12-29(28)37/h6-13,15-20,22H,3-5,14,21,23H2,1-2H3,(H2,39,46)(H,41,45). The molecule has 50 heavy (non-hydrogen) atoms. The predicted molar refractivity (Wildman–Crippen MR) is 196 cm³/mol. The average molecular weight is 736 g/mol. The third kappa shape index (κ3) is 7.93. The maximum Gasteiger partial charge on any atom is 0.351 e. The second-order valence-corrected chi connectivity index (χ2v) is 14.0. The van der Waals surface area contributed by atoms with E-state index in [1.54, 1.807) is 77.4 Å². The number of halogens is 2. The first kappa shape index (κ1) is 36.4. The van der Waals surface area contributed by atoms with E-state index in [0.717, 1.165) is 18.4 Å². The third-order valence-electron chi connectivity index (χ3n) is 8.00. The van der Waals surface area contributed by atoms with Crippen LogP contribution < -0.4 is 21.0 Å². The number of hydrogen-bond donors (Lipinski definition) is 2. The second kappa shape index (κ2) is 15.8. The van der Waals surface area contributed by atoms with Gasteiger partial charge in [-0.1, -0.05) is 98.1 Å². The van der Waals surface area contributed by atoms with E-state index in [0.29, 0.717) is 47.7 Å². The number of sulfonamides is 1. The van der Waals surface area contributed by atoms with E-state index in [2.05, 4.69) is 9.82 Å². The van der Waals surface area contributed by atoms with Crippen LogP contribution in [0.3, 0.4) is 0 Å². The fourth-order valence-electron chi connectivity index (χ4n) is 5.48. The van der Waals surface area contributed by atoms with Crippen LogP contribution in [-0.2, 0) is 23.0 Å². The largest absolute Gasteiger partial charge is 0.351 e. The Morgan fingerprint density at radius 3 is 2.28 bits per heavy atom. The number of anilines is 1. The summed E-state index contributed by atoms with van der Waals surface area (Å²) in [6.45, 7) is 4.55. The molecule has 0 unspecified atom stereocenters. The molecular weight excluding hydrogens is 699 g/mol. The van der Waals surface area contributed by atoms with Crippen LogP contribution in [0.2, 0.25) is 10.0 Å². The van der Waals surface area contributed by atoms with Crippen molar-refractivity contribution in [1.29, 1.82) is 0 Å². The van der Waals surface area contributed by atoms with E-state index in [4.69, 9.17) is 28.9 Å². The molecule has 3 amide bonds. The number of rotatable bonds is 13. The van der Waals surface area contributed by atoms with Crippen molar-refractivity contribution < 1.29 is 18.0 Å². The lowest BCUT2D eigenvalue weighted by molar-refractivity contribution is 0.0981. The molecule has 1 aromatic heterocycles. The van der Waals surface area contributed by atoms with Gasteiger partial charge >= 0.3 is 11.7 Å². The third-order valence-corrected chi connectivity index (χ3v) is 10.0. The van der Waals surface area contributed by atoms with Crippen LogP contribution in [0, 0.1) is 0 Å². The number of hydrogen-bond acceptors (Lipinski definition) is 6. The second-order valence-electron chi connectivity index (χ2n) is 11.5. The summed E-state index contributed by atoms with van der Waals surface area (Å²) >= 11 is 12.7. The van der Waals surface area contributed by atoms with Gasteiger partial charge in [0.2, 0.25) is 0 Å². The number of primary amides is 1. The first-order chi connectivity index (χ1) is 23.9. The smallest absolute Gasteiger partial charge is 0.351 e. The fraction of sp³-hybridized carbons (Fsp3) is 0.222. The van der Waals surface area contributed by atoms with Gasteiger partial charge in [-0.2, -0.15) is 4.68 Å². The lowest BCUT2D eigenvalue weighted by Gasteiger charge is -2.20. The van der Waals surface area contributed by atoms with Crippen LogP contribution in [0.15, 0.2) is 101 Å². The molecule has 11 nitrogen and oxygen atoms in total. The van der Waals surface area contributed by atoms with E-state index in [-0.39, 0.29) is 27.0 Å². The van der Waals surface area contributed by atoms with Crippen molar-refractivity contribution in [3.05, 3.63) is 128 Å². The Kier molecular flexibility index (Phi) is 11.5. The number of nitrogens with zero attached hydrogens (tertiary/aromatic N) is 4. The molecule has 0 saturated carbocycles. The Morgan fingerprint density at radius 1 is 0.900 bits per heavy atom. The Hall–Kier alpha value is -4.91. The highest BCUT2D eigenvalue weighted by Crippen LogP contribution is 2.29. The maximum atomic E-state index is 13.9. The van der Waals surface area contributed by atoms with Crippen molar-refractivity contribution in [2.45, 2.75) is 51.0 Å². The summed E-state index contributed by atoms with van der Waals surface area (Å²) < 4.78 is 31.7. The highest BCUT2D eigenvalue weighted by atomic mass is 35.5. The Balaban J connectivity index is 1.45. The zero-order valence-corrected chi connectivity index (χ0v) is 29.8. The van der Waals surface area contributed by atoms with Gasteiger partial charge in [-0.3, -0.25) is 14.3 Å². The van der Waals surface area contributed by atoms with Crippen molar-refractivity contribution in [2.75, 3.05) is 11.4 Å². The minimum absolute atomic E-state index is 0.0375. The van der Waals surface area contributed by atoms with E-state index in [1.807, 2.05) is 13.8 Å². The number of unbranched alkanes of at least 4 members (excludes halogenated alkanes) is 1. The van der Waals surface area contributed by atoms with Crippen LogP contribution >= 0.6 is 23.2 Å². The number of nitrogens with two attached hydrogens (primary N) is 1. The van der Waals surface area contributed by atoms with Crippen LogP contribution in [0.25, 0.3) is 16.8 Å². The molecule has 260 valence electrons. The van der Waals surface area contributed by atoms with Gasteiger partial charge in [-0.05, 0) is 60.4 Å². The molecular formula is C36H36Cl2N6O5S. The molecule has 3 N–H and O–H groups in total. The van der Waals surface area contributed by atoms with Gasteiger partial charge in [-0.15, -0.1) is 5.10 Å². The van der Waals surface area contributed by atoms with Crippen molar-refractivity contribution in [1.82, 2.24) is 19.1 Å². The van der Waals surface area contributed by atoms with Gasteiger partial charge in [0, 0.05) is 24.2 Å². The number of benzene rings is 4. The quantitative estimate of drug-likeness (QED) is 0.136. The molecule has 5 rings (SSSR count). The Morgan fingerprint density at radius 2 is 1.60 bits per heavy atom. The summed E-state index contributed by atoms with van der Waals surface area (Å²) in [4.78, 5) is 40.2. The van der Waals surface area contributed by atoms with E-state index < -0.39 is 27.7 Å². The topological polar surface area (TPSA) is 149 Å². The van der Waals surface area contributed by atoms with Crippen molar-refractivity contribution >= 4 is 50.9 Å². The summed E-state index contributed by atoms with van der Waals surface area (Å²) in [7, 11) is -4.28. The minimum atomic E-state index is -4.28. The molecule has 1 heterocycles. The summed E-state index contributed by atoms with van der Waals surface area (Å²) in [5.74, 6) is -0.279. The number of amides is 3. The maximum absolute atomic E-state index is 13.9. The number of aryl methyl sites for hydroxylation is 1. The molecule has 0 atom stereocenters. The molecule has 0 aliphatic carbocycles. The Bertz CT molecular complexity index is 2200. The summed E-state index contributed by atoms with van der Waals surface area (Å²) in [6.07, 6.45) is 2.91. The Labute approximate surface area is 300 Å². The zero-order chi connectivity index (χ0) is 36.0. The molecule has 0 spiro atoms. The van der Waals surface area contributed by atoms with Crippen LogP contribution in [-0.4, -0.2) is 41.2 Å². The van der Waals surface area contributed by atoms with Crippen molar-refractivity contribution in [2.24, 2.45) is 5.73 Å². The van der Waals surface area contributed by atoms with E-state index in [1.165, 1.54) is 27.8 Å². The first-order valence-electron chi connectivity index (χ1n) is 16.0. The highest BCUT2D eigenvalue weighted by molar-refractivity contribution is 7.90. The number of nitrogens with one attached hydrogen (secondary N) is 1. The highest BCUT2D eigenvalue weighted by Gasteiger charge is 2.24. The number of carbonyl (C=O) groups is 2. The lowest BCUT2D eigenvalue weighted by Crippen LogP contribution is -2.36. The monoisotopic (exact) mass is 734 g/mol. The molecule has 0 aliphatic rings. The van der Waals surface area contributed by atoms with Gasteiger partial charge in [-0.25, -0.2) is 22.7 Å². The molecule has 0 radical (unpaired) electrons. The normalized spacial score (nSPS) is 11.4. The molecule has 0 saturated heterocycles. The van der Waals surface area contributed by atoms with Crippen LogP contribution in [0.4, 0.5) is 10.5 Å². The molecule has 4 aromatic carbocycles. The summed E-state index contributed by atoms with van der Waals surface area (Å²) in [6, 6.07) is 23.9. The fourth-order valence-corrected chi connectivity index (χ4v) is 7.10. The number of urea groups is 1. The molecule has 5 aromatic rings. The molecule has 0 fully saturated rings. The van der Waals surface area contributed by atoms with Crippen molar-refractivity contribution in [3.63, 3.8) is 0 Å². The van der Waals surface area contributed by atoms with Gasteiger partial charge in [0.25, 0.3) is 15.9 Å². The summed E-state index contributed by atoms with van der Waals surface area (Å²) in [5, 5.41) is 5.07. The number of aromatic nitrogens is 3. The van der Waals surface area contributed by atoms with E-state index in [9.17, 15) is 22.8 Å². The van der Waals surface area contributed by atoms with Crippen LogP contribution in [0.5, 0.6) is 0 Å². The first-order valence-corrected chi connectivity index (χ1v) is 18.2. The zero-order valence-electron chi connectivity index (χ0n) is 27.5.